The molecule has 1 aromatic heterocycles. The van der Waals surface area contributed by atoms with Gasteiger partial charge in [0.05, 0.1) is 41.0 Å². The van der Waals surface area contributed by atoms with Gasteiger partial charge >= 0.3 is 5.97 Å². The van der Waals surface area contributed by atoms with Crippen molar-refractivity contribution in [1.29, 1.82) is 0 Å². The maximum atomic E-state index is 14.0. The number of ether oxygens (including phenoxy) is 4. The Morgan fingerprint density at radius 2 is 1.78 bits per heavy atom. The van der Waals surface area contributed by atoms with E-state index in [1.165, 1.54) is 35.1 Å². The van der Waals surface area contributed by atoms with Gasteiger partial charge in [0.25, 0.3) is 11.2 Å². The van der Waals surface area contributed by atoms with E-state index < -0.39 is 16.9 Å². The lowest BCUT2D eigenvalue weighted by molar-refractivity contribution is -0.384. The molecule has 0 unspecified atom stereocenters. The van der Waals surface area contributed by atoms with Gasteiger partial charge in [-0.05, 0) is 68.3 Å². The molecule has 0 fully saturated rings. The number of hydrogen-bond donors (Lipinski definition) is 0. The molecule has 4 aromatic rings. The van der Waals surface area contributed by atoms with Crippen molar-refractivity contribution in [2.24, 2.45) is 4.99 Å². The topological polar surface area (TPSA) is 131 Å². The van der Waals surface area contributed by atoms with Crippen LogP contribution in [0.5, 0.6) is 17.2 Å². The third kappa shape index (κ3) is 6.50. The van der Waals surface area contributed by atoms with Gasteiger partial charge in [-0.25, -0.2) is 9.79 Å². The smallest absolute Gasteiger partial charge is 0.338 e. The maximum Gasteiger partial charge on any atom is 0.338 e. The highest BCUT2D eigenvalue weighted by Gasteiger charge is 2.35. The van der Waals surface area contributed by atoms with E-state index in [1.54, 1.807) is 50.3 Å². The molecule has 0 saturated heterocycles. The van der Waals surface area contributed by atoms with Gasteiger partial charge in [0.2, 0.25) is 0 Å². The monoisotopic (exact) mass is 629 g/mol. The zero-order valence-corrected chi connectivity index (χ0v) is 26.0. The molecule has 232 valence electrons. The van der Waals surface area contributed by atoms with Gasteiger partial charge in [0, 0.05) is 17.7 Å². The second-order valence-corrected chi connectivity index (χ2v) is 10.9. The highest BCUT2D eigenvalue weighted by Crippen LogP contribution is 2.36. The Morgan fingerprint density at radius 1 is 1.02 bits per heavy atom. The minimum Gasteiger partial charge on any atom is -0.494 e. The average Bonchev–Trinajstić information content (AvgIpc) is 3.34. The molecule has 1 aliphatic heterocycles. The number of esters is 1. The summed E-state index contributed by atoms with van der Waals surface area (Å²) in [5, 5.41) is 10.9. The Hall–Kier alpha value is -5.23. The Kier molecular flexibility index (Phi) is 9.43. The summed E-state index contributed by atoms with van der Waals surface area (Å²) < 4.78 is 24.7. The summed E-state index contributed by atoms with van der Waals surface area (Å²) in [6, 6.07) is 17.9. The lowest BCUT2D eigenvalue weighted by atomic mass is 9.95. The molecule has 1 atom stereocenters. The summed E-state index contributed by atoms with van der Waals surface area (Å²) in [4.78, 5) is 42.8. The molecule has 12 heteroatoms. The van der Waals surface area contributed by atoms with Gasteiger partial charge in [0.15, 0.2) is 16.3 Å². The van der Waals surface area contributed by atoms with Gasteiger partial charge in [-0.15, -0.1) is 0 Å². The van der Waals surface area contributed by atoms with Gasteiger partial charge in [0.1, 0.15) is 18.4 Å². The van der Waals surface area contributed by atoms with Crippen molar-refractivity contribution in [1.82, 2.24) is 4.57 Å². The molecule has 45 heavy (non-hydrogen) atoms. The largest absolute Gasteiger partial charge is 0.494 e. The normalized spacial score (nSPS) is 14.4. The Balaban J connectivity index is 1.53. The SMILES string of the molecule is CCOC(=O)C1=C(C)N=c2s/c(=C\c3ccc(OCc4ccc([N+](=O)[O-])cc4)c(OC)c3)c(=O)n2[C@@H]1c1ccccc1OCC. The second-order valence-electron chi connectivity index (χ2n) is 9.90. The summed E-state index contributed by atoms with van der Waals surface area (Å²) in [5.74, 6) is 0.933. The van der Waals surface area contributed by atoms with E-state index in [9.17, 15) is 19.7 Å². The van der Waals surface area contributed by atoms with Crippen LogP contribution < -0.4 is 29.1 Å². The van der Waals surface area contributed by atoms with Crippen LogP contribution in [0.1, 0.15) is 43.5 Å². The number of carbonyl (C=O) groups is 1. The summed E-state index contributed by atoms with van der Waals surface area (Å²) in [6.07, 6.45) is 1.74. The molecule has 11 nitrogen and oxygen atoms in total. The van der Waals surface area contributed by atoms with Crippen molar-refractivity contribution in [3.05, 3.63) is 124 Å². The predicted octanol–water partition coefficient (Wildman–Crippen LogP) is 4.69. The number of carbonyl (C=O) groups excluding carboxylic acids is 1. The Morgan fingerprint density at radius 3 is 2.47 bits per heavy atom. The number of nitro benzene ring substituents is 1. The summed E-state index contributed by atoms with van der Waals surface area (Å²) >= 11 is 1.21. The number of allylic oxidation sites excluding steroid dienone is 1. The first-order valence-corrected chi connectivity index (χ1v) is 15.0. The number of para-hydroxylation sites is 1. The molecule has 3 aromatic carbocycles. The average molecular weight is 630 g/mol. The summed E-state index contributed by atoms with van der Waals surface area (Å²) in [7, 11) is 1.52. The van der Waals surface area contributed by atoms with Crippen LogP contribution in [0.4, 0.5) is 5.69 Å². The maximum absolute atomic E-state index is 14.0. The van der Waals surface area contributed by atoms with Gasteiger partial charge in [-0.3, -0.25) is 19.5 Å². The molecular formula is C33H31N3O8S. The van der Waals surface area contributed by atoms with Crippen LogP contribution in [-0.4, -0.2) is 35.8 Å². The van der Waals surface area contributed by atoms with Crippen LogP contribution in [0.25, 0.3) is 6.08 Å². The van der Waals surface area contributed by atoms with E-state index in [0.29, 0.717) is 50.0 Å². The number of hydrogen-bond acceptors (Lipinski definition) is 10. The van der Waals surface area contributed by atoms with E-state index in [-0.39, 0.29) is 30.0 Å². The molecule has 0 aliphatic carbocycles. The third-order valence-corrected chi connectivity index (χ3v) is 8.04. The molecule has 0 saturated carbocycles. The van der Waals surface area contributed by atoms with E-state index in [1.807, 2.05) is 31.2 Å². The van der Waals surface area contributed by atoms with E-state index in [2.05, 4.69) is 4.99 Å². The number of aromatic nitrogens is 1. The van der Waals surface area contributed by atoms with Crippen LogP contribution in [0.15, 0.2) is 87.8 Å². The fourth-order valence-corrected chi connectivity index (χ4v) is 6.05. The van der Waals surface area contributed by atoms with Crippen LogP contribution in [0.3, 0.4) is 0 Å². The number of non-ortho nitro benzene ring substituents is 1. The van der Waals surface area contributed by atoms with Crippen LogP contribution >= 0.6 is 11.3 Å². The van der Waals surface area contributed by atoms with Crippen LogP contribution in [-0.2, 0) is 16.1 Å². The zero-order valence-electron chi connectivity index (χ0n) is 25.1. The Bertz CT molecular complexity index is 1960. The van der Waals surface area contributed by atoms with Gasteiger partial charge in [-0.1, -0.05) is 35.6 Å². The number of nitrogens with zero attached hydrogens (tertiary/aromatic N) is 3. The summed E-state index contributed by atoms with van der Waals surface area (Å²) in [6.45, 7) is 6.10. The molecule has 0 spiro atoms. The van der Waals surface area contributed by atoms with Gasteiger partial charge < -0.3 is 18.9 Å². The molecule has 0 N–H and O–H groups in total. The van der Waals surface area contributed by atoms with Crippen molar-refractivity contribution in [2.75, 3.05) is 20.3 Å². The zero-order chi connectivity index (χ0) is 32.1. The highest BCUT2D eigenvalue weighted by atomic mass is 32.1. The van der Waals surface area contributed by atoms with Crippen molar-refractivity contribution in [2.45, 2.75) is 33.4 Å². The number of nitro groups is 1. The quantitative estimate of drug-likeness (QED) is 0.133. The molecule has 1 aliphatic rings. The second kappa shape index (κ2) is 13.6. The van der Waals surface area contributed by atoms with E-state index >= 15 is 0 Å². The standard InChI is InChI=1S/C33H31N3O8S/c1-5-42-25-10-8-7-9-24(25)30-29(32(38)43-6-2)20(3)34-33-35(30)31(37)28(45-33)18-22-13-16-26(27(17-22)41-4)44-19-21-11-14-23(15-12-21)36(39)40/h7-18,30H,5-6,19H2,1-4H3/b28-18-/t30-/m1/s1. The molecular weight excluding hydrogens is 598 g/mol. The first kappa shape index (κ1) is 31.2. The first-order chi connectivity index (χ1) is 21.7. The predicted molar refractivity (Wildman–Crippen MR) is 168 cm³/mol. The fourth-order valence-electron chi connectivity index (χ4n) is 5.00. The van der Waals surface area contributed by atoms with E-state index in [4.69, 9.17) is 18.9 Å². The van der Waals surface area contributed by atoms with Gasteiger partial charge in [-0.2, -0.15) is 0 Å². The third-order valence-electron chi connectivity index (χ3n) is 7.06. The molecule has 0 amide bonds. The lowest BCUT2D eigenvalue weighted by Crippen LogP contribution is -2.40. The van der Waals surface area contributed by atoms with E-state index in [0.717, 1.165) is 5.56 Å². The van der Waals surface area contributed by atoms with Crippen LogP contribution in [0.2, 0.25) is 0 Å². The van der Waals surface area contributed by atoms with Crippen molar-refractivity contribution >= 4 is 29.1 Å². The summed E-state index contributed by atoms with van der Waals surface area (Å²) in [5.41, 5.74) is 2.52. The molecule has 0 bridgehead atoms. The number of benzene rings is 3. The molecule has 0 radical (unpaired) electrons. The first-order valence-electron chi connectivity index (χ1n) is 14.2. The number of fused-ring (bicyclic) bond motifs is 1. The molecule has 5 rings (SSSR count). The fraction of sp³-hybridized carbons (Fsp3) is 0.242. The minimum absolute atomic E-state index is 0.00284. The number of thiazole rings is 1. The minimum atomic E-state index is -0.796. The molecule has 2 heterocycles. The highest BCUT2D eigenvalue weighted by molar-refractivity contribution is 7.07. The van der Waals surface area contributed by atoms with Crippen molar-refractivity contribution in [3.8, 4) is 17.2 Å². The van der Waals surface area contributed by atoms with Crippen LogP contribution in [0, 0.1) is 10.1 Å². The number of rotatable bonds is 11. The number of methoxy groups -OCH3 is 1. The van der Waals surface area contributed by atoms with Crippen molar-refractivity contribution < 1.29 is 28.7 Å². The Labute approximate surface area is 262 Å². The van der Waals surface area contributed by atoms with Crippen molar-refractivity contribution in [3.63, 3.8) is 0 Å². The lowest BCUT2D eigenvalue weighted by Gasteiger charge is -2.26.